The first-order chi connectivity index (χ1) is 14.8. The number of benzene rings is 3. The average Bonchev–Trinajstić information content (AvgIpc) is 2.74. The van der Waals surface area contributed by atoms with Crippen LogP contribution in [0.5, 0.6) is 11.5 Å². The maximum absolute atomic E-state index is 13.0. The number of hydrogen-bond donors (Lipinski definition) is 1. The maximum Gasteiger partial charge on any atom is 0.322 e. The van der Waals surface area contributed by atoms with Gasteiger partial charge in [-0.1, -0.05) is 48.5 Å². The van der Waals surface area contributed by atoms with Crippen LogP contribution in [0.15, 0.2) is 78.9 Å². The number of methoxy groups -OCH3 is 1. The van der Waals surface area contributed by atoms with Crippen LogP contribution in [0.25, 0.3) is 0 Å². The number of urea groups is 1. The van der Waals surface area contributed by atoms with Gasteiger partial charge in [-0.2, -0.15) is 8.42 Å². The van der Waals surface area contributed by atoms with E-state index in [2.05, 4.69) is 5.32 Å². The molecule has 162 valence electrons. The van der Waals surface area contributed by atoms with E-state index in [9.17, 15) is 13.2 Å². The second-order valence-corrected chi connectivity index (χ2v) is 8.51. The summed E-state index contributed by atoms with van der Waals surface area (Å²) in [6, 6.07) is 23.1. The fourth-order valence-corrected chi connectivity index (χ4v) is 3.41. The van der Waals surface area contributed by atoms with Gasteiger partial charge in [0, 0.05) is 24.8 Å². The molecule has 31 heavy (non-hydrogen) atoms. The van der Waals surface area contributed by atoms with Gasteiger partial charge in [0.2, 0.25) is 0 Å². The zero-order valence-corrected chi connectivity index (χ0v) is 18.1. The quantitative estimate of drug-likeness (QED) is 0.529. The van der Waals surface area contributed by atoms with Crippen molar-refractivity contribution < 1.29 is 22.1 Å². The summed E-state index contributed by atoms with van der Waals surface area (Å²) in [5.74, 6) is 0.871. The first kappa shape index (κ1) is 22.2. The third-order valence-corrected chi connectivity index (χ3v) is 4.86. The van der Waals surface area contributed by atoms with Crippen LogP contribution in [-0.4, -0.2) is 32.7 Å². The van der Waals surface area contributed by atoms with E-state index in [1.807, 2.05) is 30.3 Å². The first-order valence-electron chi connectivity index (χ1n) is 9.55. The van der Waals surface area contributed by atoms with E-state index in [1.54, 1.807) is 60.5 Å². The van der Waals surface area contributed by atoms with Gasteiger partial charge in [0.15, 0.2) is 0 Å². The third-order valence-electron chi connectivity index (χ3n) is 4.37. The molecule has 3 rings (SSSR count). The van der Waals surface area contributed by atoms with Crippen LogP contribution in [0, 0.1) is 0 Å². The van der Waals surface area contributed by atoms with Crippen LogP contribution in [0.4, 0.5) is 10.5 Å². The molecule has 0 radical (unpaired) electrons. The lowest BCUT2D eigenvalue weighted by molar-refractivity contribution is 0.206. The third kappa shape index (κ3) is 7.04. The fraction of sp³-hybridized carbons (Fsp3) is 0.174. The van der Waals surface area contributed by atoms with Crippen molar-refractivity contribution in [3.05, 3.63) is 90.0 Å². The van der Waals surface area contributed by atoms with Gasteiger partial charge >= 0.3 is 16.1 Å². The smallest absolute Gasteiger partial charge is 0.322 e. The van der Waals surface area contributed by atoms with Gasteiger partial charge in [-0.3, -0.25) is 0 Å². The Balaban J connectivity index is 1.78. The van der Waals surface area contributed by atoms with Gasteiger partial charge < -0.3 is 19.1 Å². The van der Waals surface area contributed by atoms with Gasteiger partial charge in [0.05, 0.1) is 13.4 Å². The summed E-state index contributed by atoms with van der Waals surface area (Å²) in [6.45, 7) is 0.724. The topological polar surface area (TPSA) is 84.9 Å². The molecule has 7 nitrogen and oxygen atoms in total. The number of ether oxygens (including phenoxy) is 1. The molecule has 0 aromatic heterocycles. The molecule has 3 aromatic rings. The van der Waals surface area contributed by atoms with Crippen molar-refractivity contribution in [1.82, 2.24) is 4.90 Å². The molecule has 0 aliphatic rings. The normalized spacial score (nSPS) is 10.9. The fourth-order valence-electron chi connectivity index (χ4n) is 2.95. The van der Waals surface area contributed by atoms with Gasteiger partial charge in [-0.15, -0.1) is 0 Å². The van der Waals surface area contributed by atoms with Crippen molar-refractivity contribution in [3.8, 4) is 11.5 Å². The van der Waals surface area contributed by atoms with E-state index in [0.717, 1.165) is 17.4 Å². The van der Waals surface area contributed by atoms with Crippen molar-refractivity contribution in [2.75, 3.05) is 18.7 Å². The Morgan fingerprint density at radius 2 is 1.52 bits per heavy atom. The Kier molecular flexibility index (Phi) is 7.15. The molecule has 0 bridgehead atoms. The van der Waals surface area contributed by atoms with Gasteiger partial charge in [-0.05, 0) is 35.4 Å². The minimum atomic E-state index is -3.59. The molecule has 0 unspecified atom stereocenters. The molecule has 2 amide bonds. The van der Waals surface area contributed by atoms with Gasteiger partial charge in [-0.25, -0.2) is 4.79 Å². The largest absolute Gasteiger partial charge is 0.497 e. The molecular formula is C23H24N2O5S. The highest BCUT2D eigenvalue weighted by Crippen LogP contribution is 2.20. The lowest BCUT2D eigenvalue weighted by Gasteiger charge is -2.24. The maximum atomic E-state index is 13.0. The monoisotopic (exact) mass is 440 g/mol. The number of carbonyl (C=O) groups is 1. The zero-order valence-electron chi connectivity index (χ0n) is 17.3. The Bertz CT molecular complexity index is 1120. The number of amides is 2. The van der Waals surface area contributed by atoms with Crippen molar-refractivity contribution in [2.45, 2.75) is 13.1 Å². The SMILES string of the molecule is COc1cccc(NC(=O)N(Cc2ccccc2)Cc2ccc(OS(C)(=O)=O)cc2)c1. The lowest BCUT2D eigenvalue weighted by atomic mass is 10.1. The van der Waals surface area contributed by atoms with E-state index in [1.165, 1.54) is 0 Å². The molecule has 0 aliphatic heterocycles. The molecule has 0 spiro atoms. The number of nitrogens with zero attached hydrogens (tertiary/aromatic N) is 1. The Morgan fingerprint density at radius 3 is 2.13 bits per heavy atom. The highest BCUT2D eigenvalue weighted by Gasteiger charge is 2.16. The minimum Gasteiger partial charge on any atom is -0.497 e. The summed E-state index contributed by atoms with van der Waals surface area (Å²) in [4.78, 5) is 14.7. The highest BCUT2D eigenvalue weighted by atomic mass is 32.2. The molecule has 8 heteroatoms. The molecule has 1 N–H and O–H groups in total. The summed E-state index contributed by atoms with van der Waals surface area (Å²) in [6.07, 6.45) is 0.991. The van der Waals surface area contributed by atoms with Crippen molar-refractivity contribution in [1.29, 1.82) is 0 Å². The number of rotatable bonds is 8. The van der Waals surface area contributed by atoms with Crippen LogP contribution in [0.1, 0.15) is 11.1 Å². The molecule has 3 aromatic carbocycles. The standard InChI is InChI=1S/C23H24N2O5S/c1-29-22-10-6-9-20(15-22)24-23(26)25(16-18-7-4-3-5-8-18)17-19-11-13-21(14-12-19)30-31(2,27)28/h3-15H,16-17H2,1-2H3,(H,24,26). The summed E-state index contributed by atoms with van der Waals surface area (Å²) < 4.78 is 32.7. The second-order valence-electron chi connectivity index (χ2n) is 6.94. The minimum absolute atomic E-state index is 0.224. The summed E-state index contributed by atoms with van der Waals surface area (Å²) in [7, 11) is -2.02. The zero-order chi connectivity index (χ0) is 22.3. The predicted octanol–water partition coefficient (Wildman–Crippen LogP) is 4.27. The van der Waals surface area contributed by atoms with Crippen LogP contribution >= 0.6 is 0 Å². The van der Waals surface area contributed by atoms with Crippen molar-refractivity contribution in [3.63, 3.8) is 0 Å². The summed E-state index contributed by atoms with van der Waals surface area (Å²) in [5.41, 5.74) is 2.44. The number of anilines is 1. The summed E-state index contributed by atoms with van der Waals surface area (Å²) in [5, 5.41) is 2.90. The summed E-state index contributed by atoms with van der Waals surface area (Å²) >= 11 is 0. The first-order valence-corrected chi connectivity index (χ1v) is 11.4. The Morgan fingerprint density at radius 1 is 0.871 bits per heavy atom. The Hall–Kier alpha value is -3.52. The molecular weight excluding hydrogens is 416 g/mol. The molecule has 0 aliphatic carbocycles. The van der Waals surface area contributed by atoms with Gasteiger partial charge in [0.25, 0.3) is 0 Å². The van der Waals surface area contributed by atoms with Crippen molar-refractivity contribution >= 4 is 21.8 Å². The highest BCUT2D eigenvalue weighted by molar-refractivity contribution is 7.86. The molecule has 0 atom stereocenters. The van der Waals surface area contributed by atoms with E-state index >= 15 is 0 Å². The molecule has 0 heterocycles. The molecule has 0 saturated heterocycles. The second kappa shape index (κ2) is 9.99. The molecule has 0 saturated carbocycles. The van der Waals surface area contributed by atoms with Crippen LogP contribution in [-0.2, 0) is 23.2 Å². The van der Waals surface area contributed by atoms with E-state index in [-0.39, 0.29) is 11.8 Å². The van der Waals surface area contributed by atoms with Crippen LogP contribution < -0.4 is 14.2 Å². The van der Waals surface area contributed by atoms with Gasteiger partial charge in [0.1, 0.15) is 11.5 Å². The van der Waals surface area contributed by atoms with E-state index in [4.69, 9.17) is 8.92 Å². The van der Waals surface area contributed by atoms with Crippen LogP contribution in [0.2, 0.25) is 0 Å². The lowest BCUT2D eigenvalue weighted by Crippen LogP contribution is -2.34. The van der Waals surface area contributed by atoms with E-state index < -0.39 is 10.1 Å². The van der Waals surface area contributed by atoms with E-state index in [0.29, 0.717) is 24.5 Å². The Labute approximate surface area is 182 Å². The van der Waals surface area contributed by atoms with Crippen molar-refractivity contribution in [2.24, 2.45) is 0 Å². The number of hydrogen-bond acceptors (Lipinski definition) is 5. The van der Waals surface area contributed by atoms with Crippen LogP contribution in [0.3, 0.4) is 0 Å². The predicted molar refractivity (Wildman–Crippen MR) is 120 cm³/mol. The molecule has 0 fully saturated rings. The number of nitrogens with one attached hydrogen (secondary N) is 1. The average molecular weight is 441 g/mol. The number of carbonyl (C=O) groups excluding carboxylic acids is 1.